The number of piperazine rings is 1. The van der Waals surface area contributed by atoms with E-state index in [1.165, 1.54) is 11.3 Å². The third-order valence-electron chi connectivity index (χ3n) is 3.15. The molecule has 0 atom stereocenters. The molecule has 3 nitrogen and oxygen atoms in total. The highest BCUT2D eigenvalue weighted by atomic mass is 16.5. The number of allylic oxidation sites excluding steroid dienone is 1. The fraction of sp³-hybridized carbons (Fsp3) is 0.429. The lowest BCUT2D eigenvalue weighted by Gasteiger charge is -2.31. The first-order chi connectivity index (χ1) is 8.31. The normalized spacial score (nSPS) is 15.7. The number of methoxy groups -OCH3 is 1. The average Bonchev–Trinajstić information content (AvgIpc) is 2.40. The molecule has 92 valence electrons. The summed E-state index contributed by atoms with van der Waals surface area (Å²) >= 11 is 0. The van der Waals surface area contributed by atoms with Gasteiger partial charge in [-0.25, -0.2) is 0 Å². The van der Waals surface area contributed by atoms with E-state index < -0.39 is 0 Å². The summed E-state index contributed by atoms with van der Waals surface area (Å²) in [6.45, 7) is 8.38. The van der Waals surface area contributed by atoms with Crippen LogP contribution in [0.3, 0.4) is 0 Å². The highest BCUT2D eigenvalue weighted by Gasteiger charge is 2.13. The second kappa shape index (κ2) is 5.73. The maximum atomic E-state index is 5.36. The molecule has 1 fully saturated rings. The molecule has 0 amide bonds. The zero-order valence-corrected chi connectivity index (χ0v) is 10.4. The number of benzene rings is 1. The molecule has 1 saturated heterocycles. The standard InChI is InChI=1S/C14H20N2O/c1-12(16-9-7-15-8-10-16)11-13-5-3-4-6-14(13)17-2/h3-6,15H,1,7-11H2,2H3. The van der Waals surface area contributed by atoms with Crippen LogP contribution in [-0.4, -0.2) is 38.2 Å². The lowest BCUT2D eigenvalue weighted by molar-refractivity contribution is 0.294. The topological polar surface area (TPSA) is 24.5 Å². The summed E-state index contributed by atoms with van der Waals surface area (Å²) in [5.41, 5.74) is 2.38. The van der Waals surface area contributed by atoms with Crippen molar-refractivity contribution in [3.63, 3.8) is 0 Å². The lowest BCUT2D eigenvalue weighted by Crippen LogP contribution is -2.42. The van der Waals surface area contributed by atoms with Crippen molar-refractivity contribution in [3.8, 4) is 5.75 Å². The lowest BCUT2D eigenvalue weighted by atomic mass is 10.1. The zero-order valence-electron chi connectivity index (χ0n) is 10.4. The predicted molar refractivity (Wildman–Crippen MR) is 70.3 cm³/mol. The number of nitrogens with zero attached hydrogens (tertiary/aromatic N) is 1. The second-order valence-corrected chi connectivity index (χ2v) is 4.29. The third kappa shape index (κ3) is 3.01. The van der Waals surface area contributed by atoms with Crippen LogP contribution in [0.5, 0.6) is 5.75 Å². The first kappa shape index (κ1) is 12.0. The van der Waals surface area contributed by atoms with Crippen molar-refractivity contribution in [1.29, 1.82) is 0 Å². The number of rotatable bonds is 4. The van der Waals surface area contributed by atoms with E-state index >= 15 is 0 Å². The van der Waals surface area contributed by atoms with Crippen molar-refractivity contribution in [1.82, 2.24) is 10.2 Å². The van der Waals surface area contributed by atoms with Gasteiger partial charge in [-0.1, -0.05) is 24.8 Å². The number of hydrogen-bond donors (Lipinski definition) is 1. The number of nitrogens with one attached hydrogen (secondary N) is 1. The fourth-order valence-corrected chi connectivity index (χ4v) is 2.16. The van der Waals surface area contributed by atoms with Gasteiger partial charge in [0.2, 0.25) is 0 Å². The Morgan fingerprint density at radius 2 is 2.06 bits per heavy atom. The van der Waals surface area contributed by atoms with E-state index in [-0.39, 0.29) is 0 Å². The van der Waals surface area contributed by atoms with E-state index in [0.717, 1.165) is 38.3 Å². The highest BCUT2D eigenvalue weighted by Crippen LogP contribution is 2.21. The molecule has 0 aromatic heterocycles. The summed E-state index contributed by atoms with van der Waals surface area (Å²) in [7, 11) is 1.71. The Morgan fingerprint density at radius 3 is 2.76 bits per heavy atom. The summed E-state index contributed by atoms with van der Waals surface area (Å²) in [6.07, 6.45) is 0.865. The molecule has 1 aromatic rings. The van der Waals surface area contributed by atoms with Crippen molar-refractivity contribution >= 4 is 0 Å². The minimum Gasteiger partial charge on any atom is -0.496 e. The van der Waals surface area contributed by atoms with E-state index in [1.807, 2.05) is 18.2 Å². The minimum atomic E-state index is 0.865. The number of ether oxygens (including phenoxy) is 1. The highest BCUT2D eigenvalue weighted by molar-refractivity contribution is 5.35. The Morgan fingerprint density at radius 1 is 1.35 bits per heavy atom. The van der Waals surface area contributed by atoms with Crippen molar-refractivity contribution in [2.75, 3.05) is 33.3 Å². The van der Waals surface area contributed by atoms with Gasteiger partial charge in [-0.05, 0) is 11.6 Å². The predicted octanol–water partition coefficient (Wildman–Crippen LogP) is 1.66. The van der Waals surface area contributed by atoms with E-state index in [9.17, 15) is 0 Å². The number of para-hydroxylation sites is 1. The smallest absolute Gasteiger partial charge is 0.122 e. The Balaban J connectivity index is 2.01. The van der Waals surface area contributed by atoms with Crippen LogP contribution in [-0.2, 0) is 6.42 Å². The van der Waals surface area contributed by atoms with Crippen molar-refractivity contribution in [2.45, 2.75) is 6.42 Å². The molecule has 1 N–H and O–H groups in total. The monoisotopic (exact) mass is 232 g/mol. The maximum Gasteiger partial charge on any atom is 0.122 e. The molecule has 0 saturated carbocycles. The van der Waals surface area contributed by atoms with Gasteiger partial charge in [-0.3, -0.25) is 0 Å². The molecular formula is C14H20N2O. The molecule has 0 unspecified atom stereocenters. The summed E-state index contributed by atoms with van der Waals surface area (Å²) in [4.78, 5) is 2.35. The summed E-state index contributed by atoms with van der Waals surface area (Å²) in [6, 6.07) is 8.14. The first-order valence-corrected chi connectivity index (χ1v) is 6.06. The summed E-state index contributed by atoms with van der Waals surface area (Å²) in [5.74, 6) is 0.948. The van der Waals surface area contributed by atoms with E-state index in [1.54, 1.807) is 7.11 Å². The molecule has 2 rings (SSSR count). The largest absolute Gasteiger partial charge is 0.496 e. The van der Waals surface area contributed by atoms with Crippen molar-refractivity contribution < 1.29 is 4.74 Å². The van der Waals surface area contributed by atoms with Gasteiger partial charge in [0.15, 0.2) is 0 Å². The molecule has 0 aliphatic carbocycles. The van der Waals surface area contributed by atoms with Gasteiger partial charge < -0.3 is 15.0 Å². The molecular weight excluding hydrogens is 212 g/mol. The molecule has 0 radical (unpaired) electrons. The van der Waals surface area contributed by atoms with Crippen LogP contribution in [0, 0.1) is 0 Å². The fourth-order valence-electron chi connectivity index (χ4n) is 2.16. The van der Waals surface area contributed by atoms with Gasteiger partial charge in [-0.15, -0.1) is 0 Å². The van der Waals surface area contributed by atoms with Gasteiger partial charge in [0.05, 0.1) is 7.11 Å². The Kier molecular flexibility index (Phi) is 4.04. The Hall–Kier alpha value is -1.48. The summed E-state index contributed by atoms with van der Waals surface area (Å²) < 4.78 is 5.36. The average molecular weight is 232 g/mol. The minimum absolute atomic E-state index is 0.865. The SMILES string of the molecule is C=C(Cc1ccccc1OC)N1CCNCC1. The summed E-state index contributed by atoms with van der Waals surface area (Å²) in [5, 5.41) is 3.35. The van der Waals surface area contributed by atoms with Gasteiger partial charge in [0.25, 0.3) is 0 Å². The van der Waals surface area contributed by atoms with Crippen LogP contribution in [0.25, 0.3) is 0 Å². The molecule has 1 aromatic carbocycles. The quantitative estimate of drug-likeness (QED) is 0.854. The van der Waals surface area contributed by atoms with Crippen LogP contribution < -0.4 is 10.1 Å². The molecule has 17 heavy (non-hydrogen) atoms. The van der Waals surface area contributed by atoms with Crippen LogP contribution in [0.4, 0.5) is 0 Å². The van der Waals surface area contributed by atoms with Crippen LogP contribution >= 0.6 is 0 Å². The van der Waals surface area contributed by atoms with E-state index in [4.69, 9.17) is 4.74 Å². The van der Waals surface area contributed by atoms with Crippen molar-refractivity contribution in [2.24, 2.45) is 0 Å². The molecule has 0 spiro atoms. The second-order valence-electron chi connectivity index (χ2n) is 4.29. The van der Waals surface area contributed by atoms with Crippen molar-refractivity contribution in [3.05, 3.63) is 42.1 Å². The van der Waals surface area contributed by atoms with Gasteiger partial charge in [0, 0.05) is 38.3 Å². The van der Waals surface area contributed by atoms with Gasteiger partial charge >= 0.3 is 0 Å². The third-order valence-corrected chi connectivity index (χ3v) is 3.15. The van der Waals surface area contributed by atoms with Gasteiger partial charge in [0.1, 0.15) is 5.75 Å². The van der Waals surface area contributed by atoms with E-state index in [2.05, 4.69) is 22.9 Å². The Bertz CT molecular complexity index is 384. The van der Waals surface area contributed by atoms with E-state index in [0.29, 0.717) is 0 Å². The van der Waals surface area contributed by atoms with Crippen LogP contribution in [0.2, 0.25) is 0 Å². The van der Waals surface area contributed by atoms with Gasteiger partial charge in [-0.2, -0.15) is 0 Å². The molecule has 3 heteroatoms. The number of hydrogen-bond acceptors (Lipinski definition) is 3. The Labute approximate surface area is 103 Å². The molecule has 1 aliphatic heterocycles. The molecule has 0 bridgehead atoms. The van der Waals surface area contributed by atoms with Crippen LogP contribution in [0.1, 0.15) is 5.56 Å². The molecule has 1 aliphatic rings. The van der Waals surface area contributed by atoms with Crippen LogP contribution in [0.15, 0.2) is 36.5 Å². The zero-order chi connectivity index (χ0) is 12.1. The first-order valence-electron chi connectivity index (χ1n) is 6.06. The maximum absolute atomic E-state index is 5.36. The molecule has 1 heterocycles.